The molecule has 1 heterocycles. The number of anilines is 1. The quantitative estimate of drug-likeness (QED) is 0.737. The van der Waals surface area contributed by atoms with Gasteiger partial charge in [-0.25, -0.2) is 4.68 Å². The highest BCUT2D eigenvalue weighted by atomic mass is 16.1. The van der Waals surface area contributed by atoms with E-state index in [1.54, 1.807) is 0 Å². The van der Waals surface area contributed by atoms with Crippen molar-refractivity contribution < 1.29 is 4.79 Å². The molecule has 0 spiro atoms. The second-order valence-electron chi connectivity index (χ2n) is 7.54. The van der Waals surface area contributed by atoms with E-state index >= 15 is 0 Å². The van der Waals surface area contributed by atoms with Crippen molar-refractivity contribution in [1.29, 1.82) is 0 Å². The van der Waals surface area contributed by atoms with Gasteiger partial charge in [-0.15, -0.1) is 0 Å². The molecule has 1 N–H and O–H groups in total. The first kappa shape index (κ1) is 17.9. The highest BCUT2D eigenvalue weighted by molar-refractivity contribution is 5.91. The van der Waals surface area contributed by atoms with Gasteiger partial charge in [-0.05, 0) is 44.4 Å². The molecule has 0 fully saturated rings. The van der Waals surface area contributed by atoms with Crippen molar-refractivity contribution in [2.75, 3.05) is 5.32 Å². The van der Waals surface area contributed by atoms with Crippen molar-refractivity contribution in [3.63, 3.8) is 0 Å². The van der Waals surface area contributed by atoms with Gasteiger partial charge in [0, 0.05) is 6.07 Å². The number of nitrogens with one attached hydrogen (secondary N) is 1. The van der Waals surface area contributed by atoms with Gasteiger partial charge >= 0.3 is 0 Å². The summed E-state index contributed by atoms with van der Waals surface area (Å²) in [5.74, 6) is 0.698. The summed E-state index contributed by atoms with van der Waals surface area (Å²) in [6.07, 6.45) is 0.337. The molecule has 4 nitrogen and oxygen atoms in total. The zero-order valence-corrected chi connectivity index (χ0v) is 15.8. The summed E-state index contributed by atoms with van der Waals surface area (Å²) in [6, 6.07) is 20.3. The third-order valence-corrected chi connectivity index (χ3v) is 4.16. The first-order valence-corrected chi connectivity index (χ1v) is 8.84. The summed E-state index contributed by atoms with van der Waals surface area (Å²) >= 11 is 0. The summed E-state index contributed by atoms with van der Waals surface area (Å²) in [5.41, 5.74) is 4.02. The van der Waals surface area contributed by atoms with E-state index in [9.17, 15) is 4.79 Å². The monoisotopic (exact) mass is 347 g/mol. The molecule has 0 atom stereocenters. The topological polar surface area (TPSA) is 46.9 Å². The summed E-state index contributed by atoms with van der Waals surface area (Å²) < 4.78 is 1.86. The number of benzene rings is 2. The van der Waals surface area contributed by atoms with E-state index in [0.717, 1.165) is 22.6 Å². The predicted octanol–water partition coefficient (Wildman–Crippen LogP) is 4.79. The second-order valence-corrected chi connectivity index (χ2v) is 7.54. The van der Waals surface area contributed by atoms with Crippen LogP contribution in [0.4, 0.5) is 5.82 Å². The zero-order chi connectivity index (χ0) is 18.7. The largest absolute Gasteiger partial charge is 0.311 e. The number of rotatable bonds is 4. The predicted molar refractivity (Wildman–Crippen MR) is 106 cm³/mol. The minimum atomic E-state index is -0.186. The van der Waals surface area contributed by atoms with Crippen LogP contribution in [0, 0.1) is 6.92 Å². The average molecular weight is 347 g/mol. The summed E-state index contributed by atoms with van der Waals surface area (Å²) in [6.45, 7) is 8.13. The van der Waals surface area contributed by atoms with Crippen molar-refractivity contribution in [3.05, 3.63) is 71.9 Å². The number of carbonyl (C=O) groups is 1. The molecule has 3 aromatic rings. The zero-order valence-electron chi connectivity index (χ0n) is 15.8. The van der Waals surface area contributed by atoms with E-state index in [1.165, 1.54) is 5.56 Å². The van der Waals surface area contributed by atoms with Gasteiger partial charge in [-0.3, -0.25) is 4.79 Å². The highest BCUT2D eigenvalue weighted by Gasteiger charge is 2.20. The van der Waals surface area contributed by atoms with Gasteiger partial charge in [0.05, 0.1) is 17.7 Å². The summed E-state index contributed by atoms with van der Waals surface area (Å²) in [5, 5.41) is 7.48. The number of aryl methyl sites for hydroxylation is 1. The average Bonchev–Trinajstić information content (AvgIpc) is 2.97. The number of carbonyl (C=O) groups excluding carboxylic acids is 1. The van der Waals surface area contributed by atoms with Gasteiger partial charge in [0.2, 0.25) is 5.91 Å². The number of amides is 1. The van der Waals surface area contributed by atoms with Crippen LogP contribution in [0.2, 0.25) is 0 Å². The highest BCUT2D eigenvalue weighted by Crippen LogP contribution is 2.22. The van der Waals surface area contributed by atoms with Crippen molar-refractivity contribution in [3.8, 4) is 11.1 Å². The third kappa shape index (κ3) is 4.20. The first-order chi connectivity index (χ1) is 12.3. The molecule has 0 aliphatic heterocycles. The van der Waals surface area contributed by atoms with Crippen LogP contribution in [0.5, 0.6) is 0 Å². The fraction of sp³-hybridized carbons (Fsp3) is 0.273. The van der Waals surface area contributed by atoms with Gasteiger partial charge in [0.1, 0.15) is 5.82 Å². The van der Waals surface area contributed by atoms with Crippen LogP contribution < -0.4 is 5.32 Å². The molecule has 0 saturated carbocycles. The van der Waals surface area contributed by atoms with E-state index in [1.807, 2.05) is 48.0 Å². The van der Waals surface area contributed by atoms with E-state index in [-0.39, 0.29) is 11.4 Å². The Morgan fingerprint density at radius 2 is 1.62 bits per heavy atom. The molecule has 0 saturated heterocycles. The van der Waals surface area contributed by atoms with Crippen molar-refractivity contribution >= 4 is 11.7 Å². The Kier molecular flexibility index (Phi) is 4.94. The smallest absolute Gasteiger partial charge is 0.229 e. The Labute approximate surface area is 154 Å². The number of aromatic nitrogens is 2. The van der Waals surface area contributed by atoms with E-state index in [2.05, 4.69) is 55.5 Å². The lowest BCUT2D eigenvalue weighted by Gasteiger charge is -2.22. The summed E-state index contributed by atoms with van der Waals surface area (Å²) in [7, 11) is 0. The Balaban J connectivity index is 1.69. The Bertz CT molecular complexity index is 887. The van der Waals surface area contributed by atoms with Crippen LogP contribution in [0.1, 0.15) is 32.0 Å². The molecule has 134 valence electrons. The maximum Gasteiger partial charge on any atom is 0.229 e. The van der Waals surface area contributed by atoms with Crippen molar-refractivity contribution in [2.45, 2.75) is 39.7 Å². The third-order valence-electron chi connectivity index (χ3n) is 4.16. The van der Waals surface area contributed by atoms with E-state index < -0.39 is 0 Å². The maximum absolute atomic E-state index is 12.5. The number of nitrogens with zero attached hydrogens (tertiary/aromatic N) is 2. The van der Waals surface area contributed by atoms with E-state index in [4.69, 9.17) is 0 Å². The van der Waals surface area contributed by atoms with Gasteiger partial charge in [-0.1, -0.05) is 54.6 Å². The lowest BCUT2D eigenvalue weighted by atomic mass is 10.0. The van der Waals surface area contributed by atoms with Crippen LogP contribution in [0.15, 0.2) is 60.7 Å². The molecular weight excluding hydrogens is 322 g/mol. The van der Waals surface area contributed by atoms with Gasteiger partial charge < -0.3 is 5.32 Å². The molecule has 1 amide bonds. The standard InChI is InChI=1S/C22H25N3O/c1-16-14-20(25(24-16)22(2,3)4)23-21(26)15-17-10-12-19(13-11-17)18-8-6-5-7-9-18/h5-14H,15H2,1-4H3,(H,23,26). The van der Waals surface area contributed by atoms with Crippen LogP contribution in [-0.2, 0) is 16.8 Å². The van der Waals surface area contributed by atoms with Crippen LogP contribution in [-0.4, -0.2) is 15.7 Å². The fourth-order valence-corrected chi connectivity index (χ4v) is 2.92. The molecule has 1 aromatic heterocycles. The van der Waals surface area contributed by atoms with Crippen molar-refractivity contribution in [1.82, 2.24) is 9.78 Å². The lowest BCUT2D eigenvalue weighted by molar-refractivity contribution is -0.115. The molecule has 2 aromatic carbocycles. The molecule has 0 radical (unpaired) electrons. The van der Waals surface area contributed by atoms with Gasteiger partial charge in [0.25, 0.3) is 0 Å². The van der Waals surface area contributed by atoms with Crippen LogP contribution in [0.3, 0.4) is 0 Å². The number of hydrogen-bond donors (Lipinski definition) is 1. The SMILES string of the molecule is Cc1cc(NC(=O)Cc2ccc(-c3ccccc3)cc2)n(C(C)(C)C)n1. The van der Waals surface area contributed by atoms with Gasteiger partial charge in [-0.2, -0.15) is 5.10 Å². The summed E-state index contributed by atoms with van der Waals surface area (Å²) in [4.78, 5) is 12.5. The Morgan fingerprint density at radius 3 is 2.23 bits per heavy atom. The molecule has 0 unspecified atom stereocenters. The first-order valence-electron chi connectivity index (χ1n) is 8.84. The molecule has 26 heavy (non-hydrogen) atoms. The molecule has 0 aliphatic rings. The Hall–Kier alpha value is -2.88. The molecule has 3 rings (SSSR count). The molecule has 0 bridgehead atoms. The molecular formula is C22H25N3O. The Morgan fingerprint density at radius 1 is 1.00 bits per heavy atom. The van der Waals surface area contributed by atoms with Crippen molar-refractivity contribution in [2.24, 2.45) is 0 Å². The minimum absolute atomic E-state index is 0.0390. The van der Waals surface area contributed by atoms with Gasteiger partial charge in [0.15, 0.2) is 0 Å². The molecule has 4 heteroatoms. The number of hydrogen-bond acceptors (Lipinski definition) is 2. The van der Waals surface area contributed by atoms with E-state index in [0.29, 0.717) is 6.42 Å². The van der Waals surface area contributed by atoms with Crippen LogP contribution in [0.25, 0.3) is 11.1 Å². The molecule has 0 aliphatic carbocycles. The second kappa shape index (κ2) is 7.16. The maximum atomic E-state index is 12.5. The van der Waals surface area contributed by atoms with Crippen LogP contribution >= 0.6 is 0 Å². The normalized spacial score (nSPS) is 11.4. The lowest BCUT2D eigenvalue weighted by Crippen LogP contribution is -2.27. The fourth-order valence-electron chi connectivity index (χ4n) is 2.92. The minimum Gasteiger partial charge on any atom is -0.311 e.